The van der Waals surface area contributed by atoms with Crippen molar-refractivity contribution in [3.05, 3.63) is 51.1 Å². The number of hydrogen-bond acceptors (Lipinski definition) is 5. The number of halogens is 1. The zero-order valence-electron chi connectivity index (χ0n) is 14.0. The topological polar surface area (TPSA) is 116 Å². The molecule has 0 radical (unpaired) electrons. The minimum absolute atomic E-state index is 0.0186. The fourth-order valence-corrected chi connectivity index (χ4v) is 3.30. The molecule has 6 nitrogen and oxygen atoms in total. The van der Waals surface area contributed by atoms with E-state index in [1.54, 1.807) is 0 Å². The molecule has 26 heavy (non-hydrogen) atoms. The molecule has 3 N–H and O–H groups in total. The third kappa shape index (κ3) is 3.30. The van der Waals surface area contributed by atoms with Crippen molar-refractivity contribution in [2.75, 3.05) is 5.73 Å². The number of nitrogens with one attached hydrogen (secondary N) is 1. The molecule has 1 aliphatic rings. The first kappa shape index (κ1) is 17.7. The van der Waals surface area contributed by atoms with Crippen LogP contribution in [0.1, 0.15) is 42.4 Å². The Morgan fingerprint density at radius 1 is 1.23 bits per heavy atom. The third-order valence-electron chi connectivity index (χ3n) is 4.58. The van der Waals surface area contributed by atoms with Gasteiger partial charge in [-0.2, -0.15) is 10.5 Å². The van der Waals surface area contributed by atoms with Crippen molar-refractivity contribution in [1.29, 1.82) is 10.5 Å². The first-order valence-corrected chi connectivity index (χ1v) is 8.31. The van der Waals surface area contributed by atoms with E-state index in [9.17, 15) is 19.7 Å². The molecule has 0 unspecified atom stereocenters. The second-order valence-electron chi connectivity index (χ2n) is 6.24. The Labute approximate surface area is 149 Å². The average molecular weight is 352 g/mol. The molecule has 132 valence electrons. The van der Waals surface area contributed by atoms with Gasteiger partial charge in [0.05, 0.1) is 12.7 Å². The summed E-state index contributed by atoms with van der Waals surface area (Å²) in [6.45, 7) is 0.125. The van der Waals surface area contributed by atoms with E-state index in [-0.39, 0.29) is 35.2 Å². The van der Waals surface area contributed by atoms with Gasteiger partial charge in [0.25, 0.3) is 5.56 Å². The molecule has 1 saturated carbocycles. The molecule has 1 aliphatic carbocycles. The standard InChI is InChI=1S/C19H17FN4O2/c20-12-5-6-14(11(7-12)10-26-13-3-1-2-4-13)17-15(8-21)18(23)24-19(25)16(17)9-22/h5-7,13H,1-4,10H2,(H3,23,24,25). The van der Waals surface area contributed by atoms with Crippen molar-refractivity contribution in [2.24, 2.45) is 0 Å². The number of ether oxygens (including phenoxy) is 1. The molecule has 0 saturated heterocycles. The SMILES string of the molecule is N#Cc1c(N)[nH]c(=O)c(C#N)c1-c1ccc(F)cc1COC1CCCC1. The van der Waals surface area contributed by atoms with Crippen molar-refractivity contribution in [2.45, 2.75) is 38.4 Å². The summed E-state index contributed by atoms with van der Waals surface area (Å²) in [5, 5.41) is 18.8. The third-order valence-corrected chi connectivity index (χ3v) is 4.58. The number of pyridine rings is 1. The van der Waals surface area contributed by atoms with Crippen molar-refractivity contribution in [3.8, 4) is 23.3 Å². The summed E-state index contributed by atoms with van der Waals surface area (Å²) in [5.41, 5.74) is 5.79. The van der Waals surface area contributed by atoms with Crippen molar-refractivity contribution < 1.29 is 9.13 Å². The Kier molecular flexibility index (Phi) is 5.01. The molecule has 0 bridgehead atoms. The quantitative estimate of drug-likeness (QED) is 0.877. The van der Waals surface area contributed by atoms with E-state index in [1.165, 1.54) is 18.2 Å². The van der Waals surface area contributed by atoms with Crippen LogP contribution < -0.4 is 11.3 Å². The maximum Gasteiger partial charge on any atom is 0.268 e. The number of nitrogen functional groups attached to an aromatic ring is 1. The van der Waals surface area contributed by atoms with Gasteiger partial charge in [-0.25, -0.2) is 4.39 Å². The van der Waals surface area contributed by atoms with Gasteiger partial charge in [0.1, 0.15) is 34.9 Å². The molecule has 1 aromatic heterocycles. The lowest BCUT2D eigenvalue weighted by molar-refractivity contribution is 0.0458. The number of rotatable bonds is 4. The Morgan fingerprint density at radius 3 is 2.58 bits per heavy atom. The molecule has 2 aromatic rings. The summed E-state index contributed by atoms with van der Waals surface area (Å²) in [7, 11) is 0. The Morgan fingerprint density at radius 2 is 1.92 bits per heavy atom. The van der Waals surface area contributed by atoms with Gasteiger partial charge in [-0.15, -0.1) is 0 Å². The van der Waals surface area contributed by atoms with E-state index in [4.69, 9.17) is 10.5 Å². The number of aromatic nitrogens is 1. The summed E-state index contributed by atoms with van der Waals surface area (Å²) in [6.07, 6.45) is 4.22. The van der Waals surface area contributed by atoms with E-state index >= 15 is 0 Å². The average Bonchev–Trinajstić information content (AvgIpc) is 3.13. The normalized spacial score (nSPS) is 14.1. The lowest BCUT2D eigenvalue weighted by Crippen LogP contribution is -2.17. The van der Waals surface area contributed by atoms with Gasteiger partial charge in [0, 0.05) is 5.56 Å². The highest BCUT2D eigenvalue weighted by Crippen LogP contribution is 2.32. The molecule has 0 spiro atoms. The van der Waals surface area contributed by atoms with Crippen LogP contribution in [0.2, 0.25) is 0 Å². The number of nitriles is 2. The fourth-order valence-electron chi connectivity index (χ4n) is 3.30. The van der Waals surface area contributed by atoms with Gasteiger partial charge < -0.3 is 15.5 Å². The molecule has 7 heteroatoms. The number of nitrogens with two attached hydrogens (primary N) is 1. The Hall–Kier alpha value is -3.16. The van der Waals surface area contributed by atoms with Crippen molar-refractivity contribution in [3.63, 3.8) is 0 Å². The number of nitrogens with zero attached hydrogens (tertiary/aromatic N) is 2. The monoisotopic (exact) mass is 352 g/mol. The highest BCUT2D eigenvalue weighted by molar-refractivity contribution is 5.81. The van der Waals surface area contributed by atoms with Crippen molar-refractivity contribution in [1.82, 2.24) is 4.98 Å². The van der Waals surface area contributed by atoms with Gasteiger partial charge in [-0.3, -0.25) is 4.79 Å². The minimum atomic E-state index is -0.689. The highest BCUT2D eigenvalue weighted by atomic mass is 19.1. The van der Waals surface area contributed by atoms with E-state index in [1.807, 2.05) is 12.1 Å². The van der Waals surface area contributed by atoms with E-state index in [0.29, 0.717) is 11.1 Å². The smallest absolute Gasteiger partial charge is 0.268 e. The molecule has 0 atom stereocenters. The van der Waals surface area contributed by atoms with Gasteiger partial charge in [0.15, 0.2) is 0 Å². The van der Waals surface area contributed by atoms with Crippen LogP contribution in [0.4, 0.5) is 10.2 Å². The number of aromatic amines is 1. The minimum Gasteiger partial charge on any atom is -0.384 e. The second-order valence-corrected chi connectivity index (χ2v) is 6.24. The van der Waals surface area contributed by atoms with Crippen LogP contribution in [0.25, 0.3) is 11.1 Å². The Balaban J connectivity index is 2.14. The molecule has 0 amide bonds. The molecule has 3 rings (SSSR count). The molecule has 1 aromatic carbocycles. The van der Waals surface area contributed by atoms with Crippen molar-refractivity contribution >= 4 is 5.82 Å². The maximum atomic E-state index is 13.8. The first-order valence-electron chi connectivity index (χ1n) is 8.31. The lowest BCUT2D eigenvalue weighted by Gasteiger charge is -2.16. The zero-order valence-corrected chi connectivity index (χ0v) is 14.0. The summed E-state index contributed by atoms with van der Waals surface area (Å²) in [6, 6.07) is 7.70. The predicted octanol–water partition coefficient (Wildman–Crippen LogP) is 2.97. The van der Waals surface area contributed by atoms with Gasteiger partial charge in [-0.05, 0) is 36.1 Å². The summed E-state index contributed by atoms with van der Waals surface area (Å²) >= 11 is 0. The van der Waals surface area contributed by atoms with Crippen LogP contribution in [-0.2, 0) is 11.3 Å². The first-order chi connectivity index (χ1) is 12.5. The molecule has 0 aliphatic heterocycles. The van der Waals surface area contributed by atoms with Gasteiger partial charge in [0.2, 0.25) is 0 Å². The number of anilines is 1. The highest BCUT2D eigenvalue weighted by Gasteiger charge is 2.22. The maximum absolute atomic E-state index is 13.8. The largest absolute Gasteiger partial charge is 0.384 e. The molecule has 1 heterocycles. The van der Waals surface area contributed by atoms with Gasteiger partial charge >= 0.3 is 0 Å². The van der Waals surface area contributed by atoms with Crippen LogP contribution in [-0.4, -0.2) is 11.1 Å². The fraction of sp³-hybridized carbons (Fsp3) is 0.316. The number of hydrogen-bond donors (Lipinski definition) is 2. The Bertz CT molecular complexity index is 979. The summed E-state index contributed by atoms with van der Waals surface area (Å²) in [4.78, 5) is 14.4. The second kappa shape index (κ2) is 7.38. The van der Waals surface area contributed by atoms with Gasteiger partial charge in [-0.1, -0.05) is 18.9 Å². The van der Waals surface area contributed by atoms with Crippen LogP contribution in [0.15, 0.2) is 23.0 Å². The number of H-pyrrole nitrogens is 1. The van der Waals surface area contributed by atoms with Crippen LogP contribution in [0.3, 0.4) is 0 Å². The van der Waals surface area contributed by atoms with Crippen LogP contribution in [0.5, 0.6) is 0 Å². The lowest BCUT2D eigenvalue weighted by atomic mass is 9.93. The van der Waals surface area contributed by atoms with Crippen LogP contribution in [0, 0.1) is 28.5 Å². The molecular formula is C19H17FN4O2. The number of benzene rings is 1. The van der Waals surface area contributed by atoms with E-state index in [2.05, 4.69) is 4.98 Å². The molecular weight excluding hydrogens is 335 g/mol. The molecule has 1 fully saturated rings. The van der Waals surface area contributed by atoms with E-state index in [0.717, 1.165) is 25.7 Å². The van der Waals surface area contributed by atoms with E-state index < -0.39 is 11.4 Å². The van der Waals surface area contributed by atoms with Crippen LogP contribution >= 0.6 is 0 Å². The predicted molar refractivity (Wildman–Crippen MR) is 93.3 cm³/mol. The summed E-state index contributed by atoms with van der Waals surface area (Å²) < 4.78 is 19.7. The zero-order chi connectivity index (χ0) is 18.7. The summed E-state index contributed by atoms with van der Waals surface area (Å²) in [5.74, 6) is -0.591.